The van der Waals surface area contributed by atoms with Gasteiger partial charge in [-0.05, 0) is 44.2 Å². The van der Waals surface area contributed by atoms with Gasteiger partial charge in [-0.3, -0.25) is 0 Å². The van der Waals surface area contributed by atoms with Gasteiger partial charge >= 0.3 is 0 Å². The molecule has 0 saturated heterocycles. The van der Waals surface area contributed by atoms with Crippen LogP contribution in [0.5, 0.6) is 11.5 Å². The number of methoxy groups -OCH3 is 1. The molecule has 0 bridgehead atoms. The van der Waals surface area contributed by atoms with Crippen molar-refractivity contribution < 1.29 is 14.0 Å². The second-order valence-electron chi connectivity index (χ2n) is 6.28. The molecule has 3 heterocycles. The third-order valence-electron chi connectivity index (χ3n) is 4.53. The van der Waals surface area contributed by atoms with Gasteiger partial charge in [-0.2, -0.15) is 0 Å². The van der Waals surface area contributed by atoms with Gasteiger partial charge in [0.25, 0.3) is 0 Å². The molecule has 7 nitrogen and oxygen atoms in total. The molecule has 0 saturated carbocycles. The van der Waals surface area contributed by atoms with Gasteiger partial charge in [0.2, 0.25) is 0 Å². The molecule has 0 fully saturated rings. The van der Waals surface area contributed by atoms with Gasteiger partial charge in [0.05, 0.1) is 29.7 Å². The van der Waals surface area contributed by atoms with Crippen LogP contribution in [0.15, 0.2) is 47.2 Å². The summed E-state index contributed by atoms with van der Waals surface area (Å²) in [7, 11) is 1.60. The molecule has 4 aromatic rings. The Kier molecular flexibility index (Phi) is 4.19. The molecule has 138 valence electrons. The molecule has 0 spiro atoms. The SMILES string of the molecule is COc1ccc(-c2cn3cccc(OCc4c(C)noc4C)c3n2)cc1N. The van der Waals surface area contributed by atoms with E-state index in [0.29, 0.717) is 23.8 Å². The van der Waals surface area contributed by atoms with E-state index in [9.17, 15) is 0 Å². The number of fused-ring (bicyclic) bond motifs is 1. The second-order valence-corrected chi connectivity index (χ2v) is 6.28. The van der Waals surface area contributed by atoms with Gasteiger partial charge in [0.1, 0.15) is 18.1 Å². The maximum Gasteiger partial charge on any atom is 0.180 e. The number of ether oxygens (including phenoxy) is 2. The highest BCUT2D eigenvalue weighted by molar-refractivity contribution is 5.71. The van der Waals surface area contributed by atoms with Gasteiger partial charge in [0, 0.05) is 18.0 Å². The van der Waals surface area contributed by atoms with Crippen LogP contribution in [0.3, 0.4) is 0 Å². The number of benzene rings is 1. The number of aryl methyl sites for hydroxylation is 2. The molecule has 2 N–H and O–H groups in total. The predicted molar refractivity (Wildman–Crippen MR) is 102 cm³/mol. The van der Waals surface area contributed by atoms with Crippen molar-refractivity contribution in [3.05, 3.63) is 59.7 Å². The summed E-state index contributed by atoms with van der Waals surface area (Å²) < 4.78 is 18.3. The first kappa shape index (κ1) is 17.0. The molecule has 0 unspecified atom stereocenters. The first-order valence-electron chi connectivity index (χ1n) is 8.53. The largest absolute Gasteiger partial charge is 0.495 e. The Morgan fingerprint density at radius 1 is 1.19 bits per heavy atom. The molecule has 7 heteroatoms. The summed E-state index contributed by atoms with van der Waals surface area (Å²) in [5.74, 6) is 2.09. The van der Waals surface area contributed by atoms with Crippen molar-refractivity contribution in [2.24, 2.45) is 0 Å². The minimum absolute atomic E-state index is 0.374. The Morgan fingerprint density at radius 2 is 2.04 bits per heavy atom. The van der Waals surface area contributed by atoms with Crippen molar-refractivity contribution in [3.63, 3.8) is 0 Å². The summed E-state index contributed by atoms with van der Waals surface area (Å²) in [6.07, 6.45) is 3.88. The molecule has 0 amide bonds. The molecule has 0 aliphatic carbocycles. The van der Waals surface area contributed by atoms with E-state index in [1.54, 1.807) is 7.11 Å². The molecule has 27 heavy (non-hydrogen) atoms. The lowest BCUT2D eigenvalue weighted by molar-refractivity contribution is 0.303. The number of aromatic nitrogens is 3. The first-order valence-corrected chi connectivity index (χ1v) is 8.53. The summed E-state index contributed by atoms with van der Waals surface area (Å²) in [5.41, 5.74) is 10.8. The van der Waals surface area contributed by atoms with Crippen molar-refractivity contribution in [1.82, 2.24) is 14.5 Å². The Hall–Kier alpha value is -3.48. The van der Waals surface area contributed by atoms with Crippen molar-refractivity contribution in [3.8, 4) is 22.8 Å². The number of pyridine rings is 1. The normalized spacial score (nSPS) is 11.1. The zero-order chi connectivity index (χ0) is 19.0. The highest BCUT2D eigenvalue weighted by Crippen LogP contribution is 2.30. The third-order valence-corrected chi connectivity index (χ3v) is 4.53. The summed E-state index contributed by atoms with van der Waals surface area (Å²) in [6, 6.07) is 9.44. The van der Waals surface area contributed by atoms with Crippen molar-refractivity contribution in [2.45, 2.75) is 20.5 Å². The van der Waals surface area contributed by atoms with E-state index in [2.05, 4.69) is 5.16 Å². The van der Waals surface area contributed by atoms with Crippen molar-refractivity contribution in [1.29, 1.82) is 0 Å². The Morgan fingerprint density at radius 3 is 2.74 bits per heavy atom. The molecule has 4 rings (SSSR count). The average Bonchev–Trinajstić information content (AvgIpc) is 3.24. The highest BCUT2D eigenvalue weighted by Gasteiger charge is 2.13. The van der Waals surface area contributed by atoms with E-state index in [4.69, 9.17) is 24.7 Å². The van der Waals surface area contributed by atoms with E-state index >= 15 is 0 Å². The molecule has 3 aromatic heterocycles. The minimum Gasteiger partial charge on any atom is -0.495 e. The van der Waals surface area contributed by atoms with Crippen LogP contribution in [-0.2, 0) is 6.61 Å². The van der Waals surface area contributed by atoms with Crippen LogP contribution in [0.1, 0.15) is 17.0 Å². The zero-order valence-electron chi connectivity index (χ0n) is 15.4. The molecule has 1 aromatic carbocycles. The number of nitrogen functional groups attached to an aromatic ring is 1. The quantitative estimate of drug-likeness (QED) is 0.542. The van der Waals surface area contributed by atoms with E-state index in [1.807, 2.05) is 61.0 Å². The van der Waals surface area contributed by atoms with Gasteiger partial charge in [-0.15, -0.1) is 0 Å². The lowest BCUT2D eigenvalue weighted by Crippen LogP contribution is -1.99. The average molecular weight is 364 g/mol. The standard InChI is InChI=1S/C20H20N4O3/c1-12-15(13(2)27-23-12)11-26-19-5-4-8-24-10-17(22-20(19)24)14-6-7-18(25-3)16(21)9-14/h4-10H,11,21H2,1-3H3. The minimum atomic E-state index is 0.374. The number of hydrogen-bond donors (Lipinski definition) is 1. The maximum atomic E-state index is 6.02. The fourth-order valence-corrected chi connectivity index (χ4v) is 2.99. The van der Waals surface area contributed by atoms with Crippen molar-refractivity contribution in [2.75, 3.05) is 12.8 Å². The Balaban J connectivity index is 1.67. The molecular formula is C20H20N4O3. The van der Waals surface area contributed by atoms with Crippen LogP contribution in [0, 0.1) is 13.8 Å². The van der Waals surface area contributed by atoms with Gasteiger partial charge in [0.15, 0.2) is 11.4 Å². The molecule has 0 radical (unpaired) electrons. The fraction of sp³-hybridized carbons (Fsp3) is 0.200. The molecule has 0 aliphatic rings. The van der Waals surface area contributed by atoms with Crippen LogP contribution in [-0.4, -0.2) is 21.7 Å². The topological polar surface area (TPSA) is 87.8 Å². The van der Waals surface area contributed by atoms with Gasteiger partial charge < -0.3 is 24.1 Å². The predicted octanol–water partition coefficient (Wildman–Crippen LogP) is 3.78. The van der Waals surface area contributed by atoms with E-state index in [1.165, 1.54) is 0 Å². The van der Waals surface area contributed by atoms with E-state index in [-0.39, 0.29) is 0 Å². The number of hydrogen-bond acceptors (Lipinski definition) is 6. The smallest absolute Gasteiger partial charge is 0.180 e. The van der Waals surface area contributed by atoms with Crippen LogP contribution in [0.2, 0.25) is 0 Å². The fourth-order valence-electron chi connectivity index (χ4n) is 2.99. The molecular weight excluding hydrogens is 344 g/mol. The molecule has 0 atom stereocenters. The maximum absolute atomic E-state index is 6.02. The summed E-state index contributed by atoms with van der Waals surface area (Å²) in [4.78, 5) is 4.73. The van der Waals surface area contributed by atoms with Gasteiger partial charge in [-0.1, -0.05) is 5.16 Å². The van der Waals surface area contributed by atoms with E-state index in [0.717, 1.165) is 33.9 Å². The number of nitrogens with zero attached hydrogens (tertiary/aromatic N) is 3. The zero-order valence-corrected chi connectivity index (χ0v) is 15.4. The second kappa shape index (κ2) is 6.68. The molecule has 0 aliphatic heterocycles. The number of anilines is 1. The monoisotopic (exact) mass is 364 g/mol. The Labute approximate surface area is 156 Å². The summed E-state index contributed by atoms with van der Waals surface area (Å²) >= 11 is 0. The third kappa shape index (κ3) is 3.08. The number of rotatable bonds is 5. The Bertz CT molecular complexity index is 1090. The highest BCUT2D eigenvalue weighted by atomic mass is 16.5. The van der Waals surface area contributed by atoms with Gasteiger partial charge in [-0.25, -0.2) is 4.98 Å². The summed E-state index contributed by atoms with van der Waals surface area (Å²) in [6.45, 7) is 4.15. The van der Waals surface area contributed by atoms with Crippen LogP contribution in [0.25, 0.3) is 16.9 Å². The van der Waals surface area contributed by atoms with Crippen molar-refractivity contribution >= 4 is 11.3 Å². The van der Waals surface area contributed by atoms with Crippen LogP contribution >= 0.6 is 0 Å². The lowest BCUT2D eigenvalue weighted by atomic mass is 10.1. The number of nitrogens with two attached hydrogens (primary N) is 1. The van der Waals surface area contributed by atoms with Crippen LogP contribution in [0.4, 0.5) is 5.69 Å². The van der Waals surface area contributed by atoms with Crippen LogP contribution < -0.4 is 15.2 Å². The first-order chi connectivity index (χ1) is 13.1. The summed E-state index contributed by atoms with van der Waals surface area (Å²) in [5, 5.41) is 3.96. The van der Waals surface area contributed by atoms with E-state index < -0.39 is 0 Å². The lowest BCUT2D eigenvalue weighted by Gasteiger charge is -2.06. The number of imidazole rings is 1.